The first-order valence-corrected chi connectivity index (χ1v) is 8.69. The van der Waals surface area contributed by atoms with Crippen molar-refractivity contribution >= 4 is 57.7 Å². The van der Waals surface area contributed by atoms with Gasteiger partial charge in [0.25, 0.3) is 5.91 Å². The number of hydrogen-bond acceptors (Lipinski definition) is 4. The van der Waals surface area contributed by atoms with Crippen LogP contribution >= 0.6 is 46.8 Å². The lowest BCUT2D eigenvalue weighted by Crippen LogP contribution is -2.54. The van der Waals surface area contributed by atoms with Crippen LogP contribution in [-0.4, -0.2) is 52.9 Å². The molecule has 8 heteroatoms. The zero-order valence-electron chi connectivity index (χ0n) is 11.6. The van der Waals surface area contributed by atoms with Gasteiger partial charge in [0, 0.05) is 26.2 Å². The quantitative estimate of drug-likeness (QED) is 0.833. The van der Waals surface area contributed by atoms with Crippen molar-refractivity contribution in [3.8, 4) is 0 Å². The lowest BCUT2D eigenvalue weighted by molar-refractivity contribution is 0.0612. The second-order valence-electron chi connectivity index (χ2n) is 4.89. The molecule has 1 aliphatic heterocycles. The van der Waals surface area contributed by atoms with Crippen molar-refractivity contribution in [2.24, 2.45) is 5.73 Å². The van der Waals surface area contributed by atoms with Crippen molar-refractivity contribution in [3.63, 3.8) is 0 Å². The molecule has 0 spiro atoms. The molecule has 0 saturated carbocycles. The fraction of sp³-hybridized carbons (Fsp3) is 0.538. The zero-order valence-corrected chi connectivity index (χ0v) is 14.8. The molecule has 4 nitrogen and oxygen atoms in total. The van der Waals surface area contributed by atoms with Crippen LogP contribution < -0.4 is 5.73 Å². The van der Waals surface area contributed by atoms with E-state index in [1.807, 2.05) is 0 Å². The molecule has 1 aromatic heterocycles. The summed E-state index contributed by atoms with van der Waals surface area (Å²) < 4.78 is 0.975. The second kappa shape index (κ2) is 7.24. The molecule has 1 unspecified atom stereocenters. The van der Waals surface area contributed by atoms with E-state index in [1.165, 1.54) is 11.3 Å². The summed E-state index contributed by atoms with van der Waals surface area (Å²) in [7, 11) is 0. The van der Waals surface area contributed by atoms with Gasteiger partial charge in [-0.2, -0.15) is 0 Å². The molecule has 116 valence electrons. The molecule has 2 N–H and O–H groups in total. The Bertz CT molecular complexity index is 542. The summed E-state index contributed by atoms with van der Waals surface area (Å²) in [5, 5.41) is 0. The highest BCUT2D eigenvalue weighted by Gasteiger charge is 2.28. The number of halogens is 2. The third-order valence-corrected chi connectivity index (χ3v) is 5.40. The van der Waals surface area contributed by atoms with Gasteiger partial charge in [-0.3, -0.25) is 9.69 Å². The number of nitrogens with two attached hydrogens (primary N) is 1. The zero-order chi connectivity index (χ0) is 15.6. The Balaban J connectivity index is 1.99. The molecule has 2 rings (SSSR count). The summed E-state index contributed by atoms with van der Waals surface area (Å²) in [6, 6.07) is 1.74. The smallest absolute Gasteiger partial charge is 0.256 e. The van der Waals surface area contributed by atoms with Crippen LogP contribution in [0.2, 0.25) is 8.67 Å². The second-order valence-corrected chi connectivity index (χ2v) is 7.65. The Morgan fingerprint density at radius 3 is 2.48 bits per heavy atom. The highest BCUT2D eigenvalue weighted by atomic mass is 35.5. The number of nitrogens with zero attached hydrogens (tertiary/aromatic N) is 2. The van der Waals surface area contributed by atoms with Crippen LogP contribution in [-0.2, 0) is 0 Å². The van der Waals surface area contributed by atoms with Crippen LogP contribution in [0.15, 0.2) is 6.07 Å². The molecule has 21 heavy (non-hydrogen) atoms. The van der Waals surface area contributed by atoms with Crippen molar-refractivity contribution in [1.82, 2.24) is 9.80 Å². The summed E-state index contributed by atoms with van der Waals surface area (Å²) in [5.74, 6) is -0.0637. The van der Waals surface area contributed by atoms with Crippen molar-refractivity contribution < 1.29 is 4.79 Å². The fourth-order valence-electron chi connectivity index (χ4n) is 2.53. The van der Waals surface area contributed by atoms with Crippen molar-refractivity contribution in [2.45, 2.75) is 19.4 Å². The van der Waals surface area contributed by atoms with E-state index in [-0.39, 0.29) is 11.9 Å². The first kappa shape index (κ1) is 17.0. The molecule has 1 atom stereocenters. The minimum Gasteiger partial charge on any atom is -0.392 e. The maximum absolute atomic E-state index is 12.4. The lowest BCUT2D eigenvalue weighted by atomic mass is 10.1. The molecule has 2 heterocycles. The molecular formula is C13H17Cl2N3OS2. The number of amides is 1. The van der Waals surface area contributed by atoms with Gasteiger partial charge in [-0.15, -0.1) is 11.3 Å². The number of rotatable bonds is 4. The normalized spacial score (nSPS) is 17.8. The van der Waals surface area contributed by atoms with Crippen LogP contribution in [0.25, 0.3) is 0 Å². The number of thiophene rings is 1. The van der Waals surface area contributed by atoms with Crippen LogP contribution in [0.5, 0.6) is 0 Å². The van der Waals surface area contributed by atoms with Gasteiger partial charge in [-0.05, 0) is 12.5 Å². The molecular weight excluding hydrogens is 349 g/mol. The van der Waals surface area contributed by atoms with Gasteiger partial charge in [0.05, 0.1) is 20.9 Å². The molecule has 0 aromatic carbocycles. The van der Waals surface area contributed by atoms with Crippen molar-refractivity contribution in [3.05, 3.63) is 20.3 Å². The van der Waals surface area contributed by atoms with Gasteiger partial charge in [0.15, 0.2) is 0 Å². The lowest BCUT2D eigenvalue weighted by Gasteiger charge is -2.38. The minimum absolute atomic E-state index is 0.0637. The van der Waals surface area contributed by atoms with E-state index in [0.29, 0.717) is 32.3 Å². The highest BCUT2D eigenvalue weighted by Crippen LogP contribution is 2.32. The highest BCUT2D eigenvalue weighted by molar-refractivity contribution is 7.80. The van der Waals surface area contributed by atoms with E-state index >= 15 is 0 Å². The van der Waals surface area contributed by atoms with Gasteiger partial charge in [-0.1, -0.05) is 42.3 Å². The van der Waals surface area contributed by atoms with Gasteiger partial charge in [-0.25, -0.2) is 0 Å². The largest absolute Gasteiger partial charge is 0.392 e. The Morgan fingerprint density at radius 2 is 2.05 bits per heavy atom. The van der Waals surface area contributed by atoms with E-state index in [9.17, 15) is 4.79 Å². The Kier molecular flexibility index (Phi) is 5.85. The van der Waals surface area contributed by atoms with Gasteiger partial charge in [0.2, 0.25) is 0 Å². The molecule has 0 radical (unpaired) electrons. The van der Waals surface area contributed by atoms with Gasteiger partial charge >= 0.3 is 0 Å². The van der Waals surface area contributed by atoms with Gasteiger partial charge < -0.3 is 10.6 Å². The standard InChI is InChI=1S/C13H17Cl2N3OS2/c1-2-9(12(16)20)17-3-5-18(6-4-17)13(19)8-7-10(14)21-11(8)15/h7,9H,2-6H2,1H3,(H2,16,20). The maximum atomic E-state index is 12.4. The molecule has 1 aliphatic rings. The molecule has 1 saturated heterocycles. The number of carbonyl (C=O) groups is 1. The third-order valence-electron chi connectivity index (χ3n) is 3.64. The van der Waals surface area contributed by atoms with Gasteiger partial charge in [0.1, 0.15) is 4.34 Å². The van der Waals surface area contributed by atoms with E-state index in [1.54, 1.807) is 11.0 Å². The van der Waals surface area contributed by atoms with Crippen LogP contribution in [0, 0.1) is 0 Å². The van der Waals surface area contributed by atoms with E-state index in [0.717, 1.165) is 19.5 Å². The topological polar surface area (TPSA) is 49.6 Å². The summed E-state index contributed by atoms with van der Waals surface area (Å²) >= 11 is 18.3. The first-order chi connectivity index (χ1) is 9.93. The Labute approximate surface area is 143 Å². The van der Waals surface area contributed by atoms with Crippen LogP contribution in [0.3, 0.4) is 0 Å². The third kappa shape index (κ3) is 3.87. The first-order valence-electron chi connectivity index (χ1n) is 6.71. The summed E-state index contributed by atoms with van der Waals surface area (Å²) in [5.41, 5.74) is 6.25. The number of piperazine rings is 1. The number of hydrogen-bond donors (Lipinski definition) is 1. The molecule has 0 bridgehead atoms. The summed E-state index contributed by atoms with van der Waals surface area (Å²) in [6.45, 7) is 4.87. The predicted octanol–water partition coefficient (Wildman–Crippen LogP) is 2.88. The fourth-order valence-corrected chi connectivity index (χ4v) is 4.30. The molecule has 1 fully saturated rings. The Morgan fingerprint density at radius 1 is 1.43 bits per heavy atom. The van der Waals surface area contributed by atoms with E-state index in [2.05, 4.69) is 11.8 Å². The average Bonchev–Trinajstić information content (AvgIpc) is 2.78. The van der Waals surface area contributed by atoms with E-state index < -0.39 is 0 Å². The molecule has 1 aromatic rings. The maximum Gasteiger partial charge on any atom is 0.256 e. The van der Waals surface area contributed by atoms with Crippen LogP contribution in [0.4, 0.5) is 0 Å². The molecule has 0 aliphatic carbocycles. The monoisotopic (exact) mass is 365 g/mol. The number of thiocarbonyl (C=S) groups is 1. The molecule has 1 amide bonds. The summed E-state index contributed by atoms with van der Waals surface area (Å²) in [4.78, 5) is 17.0. The van der Waals surface area contributed by atoms with Crippen molar-refractivity contribution in [1.29, 1.82) is 0 Å². The predicted molar refractivity (Wildman–Crippen MR) is 92.7 cm³/mol. The Hall–Kier alpha value is -0.400. The average molecular weight is 366 g/mol. The van der Waals surface area contributed by atoms with Crippen molar-refractivity contribution in [2.75, 3.05) is 26.2 Å². The van der Waals surface area contributed by atoms with E-state index in [4.69, 9.17) is 41.2 Å². The SMILES string of the molecule is CCC(C(N)=S)N1CCN(C(=O)c2cc(Cl)sc2Cl)CC1. The van der Waals surface area contributed by atoms with Crippen LogP contribution in [0.1, 0.15) is 23.7 Å². The minimum atomic E-state index is -0.0637. The summed E-state index contributed by atoms with van der Waals surface area (Å²) in [6.07, 6.45) is 0.884. The number of carbonyl (C=O) groups excluding carboxylic acids is 1.